The maximum absolute atomic E-state index is 13.2. The number of nitrogens with one attached hydrogen (secondary N) is 2. The molecule has 0 saturated carbocycles. The van der Waals surface area contributed by atoms with Crippen molar-refractivity contribution in [2.75, 3.05) is 19.0 Å². The van der Waals surface area contributed by atoms with Crippen LogP contribution in [0.3, 0.4) is 0 Å². The van der Waals surface area contributed by atoms with Gasteiger partial charge in [-0.3, -0.25) is 0 Å². The second-order valence-corrected chi connectivity index (χ2v) is 6.57. The Labute approximate surface area is 174 Å². The van der Waals surface area contributed by atoms with Gasteiger partial charge in [-0.15, -0.1) is 0 Å². The number of amides is 2. The predicted octanol–water partition coefficient (Wildman–Crippen LogP) is 4.27. The van der Waals surface area contributed by atoms with Gasteiger partial charge in [0, 0.05) is 18.3 Å². The van der Waals surface area contributed by atoms with Crippen LogP contribution >= 0.6 is 0 Å². The van der Waals surface area contributed by atoms with E-state index in [0.29, 0.717) is 28.3 Å². The molecule has 0 fully saturated rings. The van der Waals surface area contributed by atoms with Crippen LogP contribution in [-0.2, 0) is 6.61 Å². The van der Waals surface area contributed by atoms with Gasteiger partial charge in [-0.1, -0.05) is 30.3 Å². The summed E-state index contributed by atoms with van der Waals surface area (Å²) in [5.41, 5.74) is 1.91. The molecule has 0 aliphatic rings. The van der Waals surface area contributed by atoms with Gasteiger partial charge in [0.05, 0.1) is 13.2 Å². The van der Waals surface area contributed by atoms with Gasteiger partial charge < -0.3 is 25.2 Å². The highest BCUT2D eigenvalue weighted by Gasteiger charge is 2.10. The monoisotopic (exact) mass is 410 g/mol. The largest absolute Gasteiger partial charge is 0.497 e. The Bertz CT molecular complexity index is 979. The topological polar surface area (TPSA) is 79.8 Å². The van der Waals surface area contributed by atoms with Gasteiger partial charge >= 0.3 is 6.03 Å². The number of hydrogen-bond donors (Lipinski definition) is 3. The molecule has 1 unspecified atom stereocenters. The number of aliphatic hydroxyl groups is 1. The van der Waals surface area contributed by atoms with Crippen molar-refractivity contribution in [1.82, 2.24) is 5.32 Å². The van der Waals surface area contributed by atoms with E-state index in [1.54, 1.807) is 67.8 Å². The summed E-state index contributed by atoms with van der Waals surface area (Å²) in [5.74, 6) is 0.909. The quantitative estimate of drug-likeness (QED) is 0.518. The maximum Gasteiger partial charge on any atom is 0.319 e. The number of benzene rings is 3. The molecule has 156 valence electrons. The lowest BCUT2D eigenvalue weighted by molar-refractivity contribution is 0.175. The zero-order chi connectivity index (χ0) is 21.3. The van der Waals surface area contributed by atoms with Crippen LogP contribution in [0.5, 0.6) is 11.5 Å². The molecule has 0 bridgehead atoms. The number of carbonyl (C=O) groups excluding carboxylic acids is 1. The third-order valence-electron chi connectivity index (χ3n) is 4.34. The molecule has 0 radical (unpaired) electrons. The molecule has 0 spiro atoms. The van der Waals surface area contributed by atoms with Gasteiger partial charge in [0.15, 0.2) is 0 Å². The summed E-state index contributed by atoms with van der Waals surface area (Å²) in [6, 6.07) is 19.6. The zero-order valence-electron chi connectivity index (χ0n) is 16.5. The van der Waals surface area contributed by atoms with Crippen molar-refractivity contribution in [3.63, 3.8) is 0 Å². The van der Waals surface area contributed by atoms with E-state index in [4.69, 9.17) is 9.47 Å². The lowest BCUT2D eigenvalue weighted by Gasteiger charge is -2.14. The first-order valence-corrected chi connectivity index (χ1v) is 9.37. The summed E-state index contributed by atoms with van der Waals surface area (Å²) in [5, 5.41) is 15.5. The van der Waals surface area contributed by atoms with Crippen LogP contribution in [0.2, 0.25) is 0 Å². The second-order valence-electron chi connectivity index (χ2n) is 6.57. The molecular formula is C23H23FN2O4. The fraction of sp³-hybridized carbons (Fsp3) is 0.174. The molecule has 2 amide bonds. The van der Waals surface area contributed by atoms with Gasteiger partial charge in [0.1, 0.15) is 23.9 Å². The third kappa shape index (κ3) is 6.22. The van der Waals surface area contributed by atoms with Crippen LogP contribution < -0.4 is 20.1 Å². The summed E-state index contributed by atoms with van der Waals surface area (Å²) < 4.78 is 24.0. The molecule has 6 nitrogen and oxygen atoms in total. The molecule has 3 N–H and O–H groups in total. The Hall–Kier alpha value is -3.58. The summed E-state index contributed by atoms with van der Waals surface area (Å²) in [7, 11) is 1.57. The number of methoxy groups -OCH3 is 1. The number of carbonyl (C=O) groups is 1. The van der Waals surface area contributed by atoms with E-state index < -0.39 is 12.1 Å². The number of hydrogen-bond acceptors (Lipinski definition) is 4. The smallest absolute Gasteiger partial charge is 0.319 e. The molecule has 0 aliphatic carbocycles. The highest BCUT2D eigenvalue weighted by atomic mass is 19.1. The van der Waals surface area contributed by atoms with E-state index in [1.807, 2.05) is 0 Å². The van der Waals surface area contributed by atoms with E-state index in [-0.39, 0.29) is 19.0 Å². The molecular weight excluding hydrogens is 387 g/mol. The first kappa shape index (κ1) is 21.1. The summed E-state index contributed by atoms with van der Waals surface area (Å²) >= 11 is 0. The lowest BCUT2D eigenvalue weighted by Crippen LogP contribution is -2.32. The number of aliphatic hydroxyl groups excluding tert-OH is 1. The van der Waals surface area contributed by atoms with Gasteiger partial charge in [-0.2, -0.15) is 0 Å². The number of halogens is 1. The lowest BCUT2D eigenvalue weighted by atomic mass is 10.1. The number of rotatable bonds is 8. The van der Waals surface area contributed by atoms with E-state index in [0.717, 1.165) is 0 Å². The van der Waals surface area contributed by atoms with E-state index >= 15 is 0 Å². The van der Waals surface area contributed by atoms with Crippen molar-refractivity contribution < 1.29 is 23.8 Å². The highest BCUT2D eigenvalue weighted by Crippen LogP contribution is 2.19. The van der Waals surface area contributed by atoms with Crippen LogP contribution in [0.4, 0.5) is 14.9 Å². The molecule has 7 heteroatoms. The molecule has 3 aromatic carbocycles. The molecule has 3 rings (SSSR count). The molecule has 3 aromatic rings. The Kier molecular flexibility index (Phi) is 7.24. The molecule has 1 atom stereocenters. The first-order chi connectivity index (χ1) is 14.5. The average Bonchev–Trinajstić information content (AvgIpc) is 2.76. The number of anilines is 1. The van der Waals surface area contributed by atoms with E-state index in [1.165, 1.54) is 12.1 Å². The van der Waals surface area contributed by atoms with Crippen molar-refractivity contribution in [1.29, 1.82) is 0 Å². The molecule has 0 heterocycles. The van der Waals surface area contributed by atoms with Crippen LogP contribution in [0.25, 0.3) is 0 Å². The predicted molar refractivity (Wildman–Crippen MR) is 112 cm³/mol. The fourth-order valence-electron chi connectivity index (χ4n) is 2.77. The summed E-state index contributed by atoms with van der Waals surface area (Å²) in [4.78, 5) is 12.1. The van der Waals surface area contributed by atoms with Crippen molar-refractivity contribution in [3.8, 4) is 11.5 Å². The van der Waals surface area contributed by atoms with Crippen LogP contribution in [0.1, 0.15) is 17.2 Å². The minimum atomic E-state index is -0.845. The Balaban J connectivity index is 1.49. The van der Waals surface area contributed by atoms with Crippen molar-refractivity contribution in [2.45, 2.75) is 12.7 Å². The third-order valence-corrected chi connectivity index (χ3v) is 4.34. The van der Waals surface area contributed by atoms with Gasteiger partial charge in [0.25, 0.3) is 0 Å². The Morgan fingerprint density at radius 3 is 2.53 bits per heavy atom. The minimum absolute atomic E-state index is 0.0495. The normalized spacial score (nSPS) is 11.4. The summed E-state index contributed by atoms with van der Waals surface area (Å²) in [6.45, 7) is 0.259. The molecule has 0 aromatic heterocycles. The molecule has 0 aliphatic heterocycles. The highest BCUT2D eigenvalue weighted by molar-refractivity contribution is 5.89. The average molecular weight is 410 g/mol. The number of ether oxygens (including phenoxy) is 2. The van der Waals surface area contributed by atoms with Gasteiger partial charge in [0.2, 0.25) is 0 Å². The van der Waals surface area contributed by atoms with Crippen molar-refractivity contribution in [3.05, 3.63) is 89.7 Å². The van der Waals surface area contributed by atoms with Gasteiger partial charge in [-0.05, 0) is 47.5 Å². The summed E-state index contributed by atoms with van der Waals surface area (Å²) in [6.07, 6.45) is -0.845. The van der Waals surface area contributed by atoms with Crippen molar-refractivity contribution >= 4 is 11.7 Å². The molecule has 30 heavy (non-hydrogen) atoms. The van der Waals surface area contributed by atoms with Crippen LogP contribution in [0, 0.1) is 5.82 Å². The zero-order valence-corrected chi connectivity index (χ0v) is 16.5. The second kappa shape index (κ2) is 10.3. The Morgan fingerprint density at radius 1 is 1.03 bits per heavy atom. The SMILES string of the molecule is COc1ccc(C(O)CNC(=O)Nc2cccc(OCc3cccc(F)c3)c2)cc1. The van der Waals surface area contributed by atoms with Crippen LogP contribution in [-0.4, -0.2) is 24.8 Å². The number of urea groups is 1. The first-order valence-electron chi connectivity index (χ1n) is 9.37. The Morgan fingerprint density at radius 2 is 1.80 bits per heavy atom. The standard InChI is InChI=1S/C23H23FN2O4/c1-29-20-10-8-17(9-11-20)22(27)14-25-23(28)26-19-6-3-7-21(13-19)30-15-16-4-2-5-18(24)12-16/h2-13,22,27H,14-15H2,1H3,(H2,25,26,28). The van der Waals surface area contributed by atoms with E-state index in [2.05, 4.69) is 10.6 Å². The minimum Gasteiger partial charge on any atom is -0.497 e. The van der Waals surface area contributed by atoms with E-state index in [9.17, 15) is 14.3 Å². The van der Waals surface area contributed by atoms with Crippen molar-refractivity contribution in [2.24, 2.45) is 0 Å². The van der Waals surface area contributed by atoms with Crippen LogP contribution in [0.15, 0.2) is 72.8 Å². The molecule has 0 saturated heterocycles. The van der Waals surface area contributed by atoms with Gasteiger partial charge in [-0.25, -0.2) is 9.18 Å². The maximum atomic E-state index is 13.2. The fourth-order valence-corrected chi connectivity index (χ4v) is 2.77.